The van der Waals surface area contributed by atoms with Gasteiger partial charge < -0.3 is 15.4 Å². The molecule has 3 nitrogen and oxygen atoms in total. The van der Waals surface area contributed by atoms with Crippen molar-refractivity contribution in [3.63, 3.8) is 0 Å². The first-order valence-electron chi connectivity index (χ1n) is 6.71. The van der Waals surface area contributed by atoms with Gasteiger partial charge in [-0.05, 0) is 39.3 Å². The van der Waals surface area contributed by atoms with Crippen molar-refractivity contribution in [2.24, 2.45) is 0 Å². The minimum Gasteiger partial charge on any atom is -0.496 e. The van der Waals surface area contributed by atoms with E-state index in [1.807, 2.05) is 7.05 Å². The molecule has 0 aliphatic heterocycles. The third kappa shape index (κ3) is 3.03. The van der Waals surface area contributed by atoms with Gasteiger partial charge >= 0.3 is 0 Å². The smallest absolute Gasteiger partial charge is 0.126 e. The number of rotatable bonds is 6. The Morgan fingerprint density at radius 3 is 2.61 bits per heavy atom. The van der Waals surface area contributed by atoms with E-state index >= 15 is 0 Å². The zero-order valence-corrected chi connectivity index (χ0v) is 11.8. The number of nitrogens with one attached hydrogen (secondary N) is 2. The van der Waals surface area contributed by atoms with E-state index in [1.54, 1.807) is 7.11 Å². The molecule has 3 heteroatoms. The maximum Gasteiger partial charge on any atom is 0.126 e. The number of methoxy groups -OCH3 is 1. The number of benzene rings is 1. The Balaban J connectivity index is 2.21. The van der Waals surface area contributed by atoms with Crippen molar-refractivity contribution in [2.45, 2.75) is 38.8 Å². The molecule has 1 unspecified atom stereocenters. The highest BCUT2D eigenvalue weighted by Gasteiger charge is 2.23. The average Bonchev–Trinajstić information content (AvgIpc) is 3.13. The van der Waals surface area contributed by atoms with Crippen molar-refractivity contribution in [3.05, 3.63) is 28.8 Å². The number of likely N-dealkylation sites (N-methyl/N-ethyl adjacent to an activating group) is 1. The fraction of sp³-hybridized carbons (Fsp3) is 0.600. The number of hydrogen-bond acceptors (Lipinski definition) is 3. The van der Waals surface area contributed by atoms with Crippen LogP contribution >= 0.6 is 0 Å². The Bertz CT molecular complexity index is 413. The summed E-state index contributed by atoms with van der Waals surface area (Å²) in [5.74, 6) is 1.01. The molecule has 2 N–H and O–H groups in total. The lowest BCUT2D eigenvalue weighted by Crippen LogP contribution is -2.31. The maximum atomic E-state index is 5.57. The van der Waals surface area contributed by atoms with Crippen LogP contribution in [-0.2, 0) is 0 Å². The molecule has 1 atom stereocenters. The van der Waals surface area contributed by atoms with Gasteiger partial charge in [0.2, 0.25) is 0 Å². The van der Waals surface area contributed by atoms with Crippen LogP contribution in [-0.4, -0.2) is 26.7 Å². The van der Waals surface area contributed by atoms with Crippen molar-refractivity contribution in [1.82, 2.24) is 10.6 Å². The molecule has 0 radical (unpaired) electrons. The topological polar surface area (TPSA) is 33.3 Å². The zero-order valence-electron chi connectivity index (χ0n) is 11.8. The normalized spacial score (nSPS) is 16.7. The summed E-state index contributed by atoms with van der Waals surface area (Å²) < 4.78 is 5.57. The van der Waals surface area contributed by atoms with E-state index < -0.39 is 0 Å². The Hall–Kier alpha value is -1.06. The zero-order chi connectivity index (χ0) is 13.1. The average molecular weight is 248 g/mol. The molecule has 18 heavy (non-hydrogen) atoms. The second kappa shape index (κ2) is 5.72. The Kier molecular flexibility index (Phi) is 4.25. The van der Waals surface area contributed by atoms with Crippen molar-refractivity contribution in [3.8, 4) is 5.75 Å². The highest BCUT2D eigenvalue weighted by molar-refractivity contribution is 5.45. The molecule has 1 aliphatic carbocycles. The van der Waals surface area contributed by atoms with E-state index in [0.717, 1.165) is 18.3 Å². The van der Waals surface area contributed by atoms with Crippen LogP contribution in [0.15, 0.2) is 12.1 Å². The molecular formula is C15H24N2O. The van der Waals surface area contributed by atoms with Crippen LogP contribution in [0.25, 0.3) is 0 Å². The van der Waals surface area contributed by atoms with Crippen LogP contribution in [0.3, 0.4) is 0 Å². The molecule has 0 aromatic heterocycles. The van der Waals surface area contributed by atoms with E-state index in [9.17, 15) is 0 Å². The summed E-state index contributed by atoms with van der Waals surface area (Å²) >= 11 is 0. The second-order valence-corrected chi connectivity index (χ2v) is 5.23. The van der Waals surface area contributed by atoms with Gasteiger partial charge in [-0.3, -0.25) is 0 Å². The van der Waals surface area contributed by atoms with Gasteiger partial charge in [0.25, 0.3) is 0 Å². The molecule has 1 aromatic rings. The Labute approximate surface area is 110 Å². The van der Waals surface area contributed by atoms with E-state index in [4.69, 9.17) is 4.74 Å². The van der Waals surface area contributed by atoms with Gasteiger partial charge in [0.15, 0.2) is 0 Å². The summed E-state index contributed by atoms with van der Waals surface area (Å²) in [6, 6.07) is 5.43. The molecule has 100 valence electrons. The third-order valence-electron chi connectivity index (χ3n) is 3.56. The first-order valence-corrected chi connectivity index (χ1v) is 6.71. The summed E-state index contributed by atoms with van der Waals surface area (Å²) in [7, 11) is 3.76. The lowest BCUT2D eigenvalue weighted by molar-refractivity contribution is 0.395. The molecule has 2 rings (SSSR count). The summed E-state index contributed by atoms with van der Waals surface area (Å²) in [5.41, 5.74) is 3.75. The summed E-state index contributed by atoms with van der Waals surface area (Å²) in [5, 5.41) is 6.97. The predicted octanol–water partition coefficient (Wildman–Crippen LogP) is 2.32. The van der Waals surface area contributed by atoms with Crippen LogP contribution < -0.4 is 15.4 Å². The second-order valence-electron chi connectivity index (χ2n) is 5.23. The van der Waals surface area contributed by atoms with Crippen LogP contribution in [0.2, 0.25) is 0 Å². The molecule has 0 spiro atoms. The minimum atomic E-state index is 0.305. The lowest BCUT2D eigenvalue weighted by atomic mass is 9.99. The molecule has 0 bridgehead atoms. The SMILES string of the molecule is CNC(CNC1CC1)c1cc(C)cc(C)c1OC. The molecule has 0 heterocycles. The van der Waals surface area contributed by atoms with Gasteiger partial charge in [-0.2, -0.15) is 0 Å². The standard InChI is InChI=1S/C15H24N2O/c1-10-7-11(2)15(18-4)13(8-10)14(16-3)9-17-12-5-6-12/h7-8,12,14,16-17H,5-6,9H2,1-4H3. The van der Waals surface area contributed by atoms with Crippen molar-refractivity contribution < 1.29 is 4.74 Å². The van der Waals surface area contributed by atoms with Crippen molar-refractivity contribution in [2.75, 3.05) is 20.7 Å². The largest absolute Gasteiger partial charge is 0.496 e. The first-order chi connectivity index (χ1) is 8.65. The third-order valence-corrected chi connectivity index (χ3v) is 3.56. The van der Waals surface area contributed by atoms with Crippen molar-refractivity contribution >= 4 is 0 Å². The molecular weight excluding hydrogens is 224 g/mol. The van der Waals surface area contributed by atoms with Crippen molar-refractivity contribution in [1.29, 1.82) is 0 Å². The maximum absolute atomic E-state index is 5.57. The van der Waals surface area contributed by atoms with Gasteiger partial charge in [0, 0.05) is 24.2 Å². The molecule has 1 aliphatic rings. The molecule has 0 saturated heterocycles. The van der Waals surface area contributed by atoms with Gasteiger partial charge in [0.05, 0.1) is 7.11 Å². The number of hydrogen-bond donors (Lipinski definition) is 2. The predicted molar refractivity (Wildman–Crippen MR) is 75.3 cm³/mol. The van der Waals surface area contributed by atoms with Crippen LogP contribution in [0.4, 0.5) is 0 Å². The Morgan fingerprint density at radius 2 is 2.06 bits per heavy atom. The van der Waals surface area contributed by atoms with Crippen LogP contribution in [0.5, 0.6) is 5.75 Å². The van der Waals surface area contributed by atoms with Gasteiger partial charge in [-0.1, -0.05) is 17.7 Å². The fourth-order valence-corrected chi connectivity index (χ4v) is 2.46. The quantitative estimate of drug-likeness (QED) is 0.810. The van der Waals surface area contributed by atoms with E-state index in [-0.39, 0.29) is 0 Å². The fourth-order valence-electron chi connectivity index (χ4n) is 2.46. The molecule has 1 fully saturated rings. The van der Waals surface area contributed by atoms with E-state index in [0.29, 0.717) is 6.04 Å². The van der Waals surface area contributed by atoms with E-state index in [1.165, 1.54) is 29.5 Å². The highest BCUT2D eigenvalue weighted by Crippen LogP contribution is 2.30. The van der Waals surface area contributed by atoms with Crippen LogP contribution in [0.1, 0.15) is 35.6 Å². The number of ether oxygens (including phenoxy) is 1. The monoisotopic (exact) mass is 248 g/mol. The lowest BCUT2D eigenvalue weighted by Gasteiger charge is -2.22. The van der Waals surface area contributed by atoms with Gasteiger partial charge in [0.1, 0.15) is 5.75 Å². The van der Waals surface area contributed by atoms with Gasteiger partial charge in [-0.15, -0.1) is 0 Å². The molecule has 1 aromatic carbocycles. The number of aryl methyl sites for hydroxylation is 2. The summed E-state index contributed by atoms with van der Waals surface area (Å²) in [4.78, 5) is 0. The van der Waals surface area contributed by atoms with Gasteiger partial charge in [-0.25, -0.2) is 0 Å². The van der Waals surface area contributed by atoms with Crippen LogP contribution in [0, 0.1) is 13.8 Å². The molecule has 0 amide bonds. The highest BCUT2D eigenvalue weighted by atomic mass is 16.5. The van der Waals surface area contributed by atoms with E-state index in [2.05, 4.69) is 36.6 Å². The minimum absolute atomic E-state index is 0.305. The summed E-state index contributed by atoms with van der Waals surface area (Å²) in [6.45, 7) is 5.20. The first kappa shape index (κ1) is 13.4. The molecule has 1 saturated carbocycles. The summed E-state index contributed by atoms with van der Waals surface area (Å²) in [6.07, 6.45) is 2.64. The Morgan fingerprint density at radius 1 is 1.33 bits per heavy atom.